The number of fused-ring (bicyclic) bond motifs is 3. The number of nitrogens with one attached hydrogen (secondary N) is 1. The van der Waals surface area contributed by atoms with E-state index in [2.05, 4.69) is 10.3 Å². The highest BCUT2D eigenvalue weighted by Crippen LogP contribution is 2.38. The van der Waals surface area contributed by atoms with Crippen molar-refractivity contribution in [3.8, 4) is 11.1 Å². The maximum atomic E-state index is 13.6. The second-order valence-electron chi connectivity index (χ2n) is 7.87. The summed E-state index contributed by atoms with van der Waals surface area (Å²) in [6.07, 6.45) is 0. The Kier molecular flexibility index (Phi) is 6.09. The molecule has 9 nitrogen and oxygen atoms in total. The van der Waals surface area contributed by atoms with Crippen LogP contribution < -0.4 is 22.1 Å². The molecule has 0 amide bonds. The van der Waals surface area contributed by atoms with Crippen LogP contribution in [-0.4, -0.2) is 41.6 Å². The highest BCUT2D eigenvalue weighted by atomic mass is 35.5. The van der Waals surface area contributed by atoms with E-state index in [0.717, 1.165) is 0 Å². The second-order valence-corrected chi connectivity index (χ2v) is 8.31. The third-order valence-corrected chi connectivity index (χ3v) is 5.56. The number of anilines is 1. The minimum absolute atomic E-state index is 0.0509. The molecule has 0 fully saturated rings. The molecule has 3 aromatic heterocycles. The van der Waals surface area contributed by atoms with Gasteiger partial charge in [-0.3, -0.25) is 9.36 Å². The lowest BCUT2D eigenvalue weighted by Gasteiger charge is -2.19. The van der Waals surface area contributed by atoms with Gasteiger partial charge < -0.3 is 19.1 Å². The number of hydrogen-bond acceptors (Lipinski definition) is 8. The average molecular weight is 471 g/mol. The summed E-state index contributed by atoms with van der Waals surface area (Å²) in [5.41, 5.74) is -0.378. The van der Waals surface area contributed by atoms with E-state index < -0.39 is 11.3 Å². The van der Waals surface area contributed by atoms with Crippen molar-refractivity contribution in [3.63, 3.8) is 0 Å². The van der Waals surface area contributed by atoms with E-state index in [1.807, 2.05) is 25.9 Å². The molecule has 0 aliphatic rings. The van der Waals surface area contributed by atoms with Gasteiger partial charge in [0.05, 0.1) is 11.1 Å². The zero-order valence-electron chi connectivity index (χ0n) is 18.7. The molecule has 172 valence electrons. The van der Waals surface area contributed by atoms with Gasteiger partial charge in [-0.15, -0.1) is 0 Å². The standard InChI is InChI=1S/C23H23ClN4O5/c1-5-28-20-16(19-18(12(2)26-20)32-22(30)23(31)33-19)15(13-7-6-8-14(24)11-13)17(21(28)29)25-9-10-27(3)4/h6-8,11,25H,5,9-10H2,1-4H3. The summed E-state index contributed by atoms with van der Waals surface area (Å²) in [5.74, 6) is 0. The van der Waals surface area contributed by atoms with Crippen molar-refractivity contribution in [2.45, 2.75) is 20.4 Å². The number of nitrogens with zero attached hydrogens (tertiary/aromatic N) is 3. The van der Waals surface area contributed by atoms with Gasteiger partial charge in [0, 0.05) is 30.2 Å². The number of pyridine rings is 2. The summed E-state index contributed by atoms with van der Waals surface area (Å²) in [4.78, 5) is 44.2. The fraction of sp³-hybridized carbons (Fsp3) is 0.304. The molecule has 0 unspecified atom stereocenters. The van der Waals surface area contributed by atoms with E-state index >= 15 is 0 Å². The molecule has 33 heavy (non-hydrogen) atoms. The average Bonchev–Trinajstić information content (AvgIpc) is 2.76. The quantitative estimate of drug-likeness (QED) is 0.338. The van der Waals surface area contributed by atoms with Crippen molar-refractivity contribution in [2.75, 3.05) is 32.5 Å². The third-order valence-electron chi connectivity index (χ3n) is 5.32. The Labute approximate surface area is 193 Å². The van der Waals surface area contributed by atoms with Crippen LogP contribution >= 0.6 is 11.6 Å². The van der Waals surface area contributed by atoms with Gasteiger partial charge in [-0.25, -0.2) is 14.6 Å². The normalized spacial score (nSPS) is 11.6. The molecule has 0 bridgehead atoms. The number of benzene rings is 1. The Morgan fingerprint density at radius 3 is 2.45 bits per heavy atom. The van der Waals surface area contributed by atoms with Crippen LogP contribution in [0.25, 0.3) is 33.3 Å². The van der Waals surface area contributed by atoms with Crippen molar-refractivity contribution in [2.24, 2.45) is 0 Å². The van der Waals surface area contributed by atoms with E-state index in [0.29, 0.717) is 58.2 Å². The Hall–Kier alpha value is -3.43. The monoisotopic (exact) mass is 470 g/mol. The summed E-state index contributed by atoms with van der Waals surface area (Å²) < 4.78 is 12.2. The van der Waals surface area contributed by atoms with Crippen LogP contribution in [0.3, 0.4) is 0 Å². The Bertz CT molecular complexity index is 1550. The lowest BCUT2D eigenvalue weighted by molar-refractivity contribution is 0.425. The van der Waals surface area contributed by atoms with Crippen LogP contribution in [0.2, 0.25) is 5.02 Å². The fourth-order valence-corrected chi connectivity index (χ4v) is 4.00. The minimum atomic E-state index is -1.14. The van der Waals surface area contributed by atoms with Crippen molar-refractivity contribution < 1.29 is 8.83 Å². The zero-order valence-corrected chi connectivity index (χ0v) is 19.4. The highest BCUT2D eigenvalue weighted by molar-refractivity contribution is 6.31. The van der Waals surface area contributed by atoms with Gasteiger partial charge in [0.2, 0.25) is 0 Å². The molecule has 0 saturated carbocycles. The van der Waals surface area contributed by atoms with E-state index in [9.17, 15) is 14.4 Å². The van der Waals surface area contributed by atoms with Gasteiger partial charge >= 0.3 is 11.3 Å². The van der Waals surface area contributed by atoms with Gasteiger partial charge in [0.25, 0.3) is 5.56 Å². The van der Waals surface area contributed by atoms with Crippen LogP contribution in [0.5, 0.6) is 0 Å². The molecule has 0 saturated heterocycles. The van der Waals surface area contributed by atoms with E-state index in [4.69, 9.17) is 20.4 Å². The lowest BCUT2D eigenvalue weighted by Crippen LogP contribution is -2.29. The van der Waals surface area contributed by atoms with Crippen LogP contribution in [0.1, 0.15) is 12.6 Å². The molecular formula is C23H23ClN4O5. The molecule has 10 heteroatoms. The predicted octanol–water partition coefficient (Wildman–Crippen LogP) is 3.08. The molecule has 3 heterocycles. The zero-order chi connectivity index (χ0) is 23.9. The number of likely N-dealkylation sites (N-methyl/N-ethyl adjacent to an activating group) is 1. The van der Waals surface area contributed by atoms with Gasteiger partial charge in [-0.1, -0.05) is 23.7 Å². The first-order valence-corrected chi connectivity index (χ1v) is 10.8. The summed E-state index contributed by atoms with van der Waals surface area (Å²) in [6.45, 7) is 4.94. The minimum Gasteiger partial charge on any atom is -0.413 e. The van der Waals surface area contributed by atoms with Crippen molar-refractivity contribution in [3.05, 3.63) is 66.2 Å². The summed E-state index contributed by atoms with van der Waals surface area (Å²) in [7, 11) is 3.86. The number of hydrogen-bond donors (Lipinski definition) is 1. The number of aryl methyl sites for hydroxylation is 2. The van der Waals surface area contributed by atoms with Crippen LogP contribution in [0, 0.1) is 6.92 Å². The van der Waals surface area contributed by atoms with Gasteiger partial charge in [-0.2, -0.15) is 0 Å². The topological polar surface area (TPSA) is 111 Å². The number of halogens is 1. The molecule has 0 aliphatic heterocycles. The smallest absolute Gasteiger partial charge is 0.413 e. The molecular weight excluding hydrogens is 448 g/mol. The van der Waals surface area contributed by atoms with Crippen molar-refractivity contribution in [1.82, 2.24) is 14.5 Å². The van der Waals surface area contributed by atoms with Gasteiger partial charge in [0.1, 0.15) is 11.3 Å². The summed E-state index contributed by atoms with van der Waals surface area (Å²) in [5, 5.41) is 4.10. The first kappa shape index (κ1) is 22.8. The summed E-state index contributed by atoms with van der Waals surface area (Å²) >= 11 is 6.27. The largest absolute Gasteiger partial charge is 0.423 e. The van der Waals surface area contributed by atoms with E-state index in [1.54, 1.807) is 31.2 Å². The fourth-order valence-electron chi connectivity index (χ4n) is 3.81. The first-order valence-electron chi connectivity index (χ1n) is 10.4. The lowest BCUT2D eigenvalue weighted by atomic mass is 9.99. The maximum absolute atomic E-state index is 13.6. The van der Waals surface area contributed by atoms with E-state index in [1.165, 1.54) is 4.57 Å². The molecule has 0 spiro atoms. The molecule has 0 aliphatic carbocycles. The molecule has 4 aromatic rings. The Balaban J connectivity index is 2.24. The first-order chi connectivity index (χ1) is 15.7. The van der Waals surface area contributed by atoms with Gasteiger partial charge in [-0.05, 0) is 45.6 Å². The highest BCUT2D eigenvalue weighted by Gasteiger charge is 2.24. The SMILES string of the molecule is CCn1c(=O)c(NCCN(C)C)c(-c2cccc(Cl)c2)c2c3oc(=O)c(=O)oc3c(C)nc21. The molecule has 4 rings (SSSR count). The molecule has 0 radical (unpaired) electrons. The predicted molar refractivity (Wildman–Crippen MR) is 128 cm³/mol. The van der Waals surface area contributed by atoms with Crippen molar-refractivity contribution >= 4 is 39.5 Å². The Morgan fingerprint density at radius 2 is 1.82 bits per heavy atom. The second kappa shape index (κ2) is 8.84. The van der Waals surface area contributed by atoms with Crippen LogP contribution in [-0.2, 0) is 6.54 Å². The summed E-state index contributed by atoms with van der Waals surface area (Å²) in [6, 6.07) is 7.00. The molecule has 0 atom stereocenters. The maximum Gasteiger partial charge on any atom is 0.423 e. The molecule has 1 aromatic carbocycles. The molecule has 1 N–H and O–H groups in total. The number of rotatable bonds is 6. The van der Waals surface area contributed by atoms with Crippen molar-refractivity contribution in [1.29, 1.82) is 0 Å². The third kappa shape index (κ3) is 4.05. The van der Waals surface area contributed by atoms with Crippen LogP contribution in [0.15, 0.2) is 47.5 Å². The number of aromatic nitrogens is 2. The Morgan fingerprint density at radius 1 is 1.12 bits per heavy atom. The van der Waals surface area contributed by atoms with Crippen LogP contribution in [0.4, 0.5) is 5.69 Å². The van der Waals surface area contributed by atoms with E-state index in [-0.39, 0.29) is 16.7 Å². The van der Waals surface area contributed by atoms with Gasteiger partial charge in [0.15, 0.2) is 11.2 Å².